The van der Waals surface area contributed by atoms with E-state index < -0.39 is 0 Å². The molecule has 1 aromatic heterocycles. The van der Waals surface area contributed by atoms with Crippen LogP contribution < -0.4 is 0 Å². The number of nitrogens with zero attached hydrogens (tertiary/aromatic N) is 3. The molecule has 1 saturated heterocycles. The predicted molar refractivity (Wildman–Crippen MR) is 85.5 cm³/mol. The van der Waals surface area contributed by atoms with Crippen LogP contribution in [0.2, 0.25) is 0 Å². The number of rotatable bonds is 4. The number of carbonyl (C=O) groups excluding carboxylic acids is 1. The maximum absolute atomic E-state index is 12.7. The van der Waals surface area contributed by atoms with Gasteiger partial charge in [-0.25, -0.2) is 4.98 Å². The van der Waals surface area contributed by atoms with Crippen molar-refractivity contribution in [2.24, 2.45) is 11.8 Å². The van der Waals surface area contributed by atoms with Gasteiger partial charge in [-0.15, -0.1) is 0 Å². The van der Waals surface area contributed by atoms with Crippen molar-refractivity contribution in [3.63, 3.8) is 0 Å². The van der Waals surface area contributed by atoms with Gasteiger partial charge in [0.25, 0.3) is 0 Å². The van der Waals surface area contributed by atoms with Crippen LogP contribution in [-0.2, 0) is 11.3 Å². The molecule has 0 N–H and O–H groups in total. The smallest absolute Gasteiger partial charge is 0.225 e. The molecule has 120 valence electrons. The Bertz CT molecular complexity index is 528. The second-order valence-corrected chi connectivity index (χ2v) is 7.49. The molecule has 4 nitrogen and oxygen atoms in total. The van der Waals surface area contributed by atoms with E-state index in [0.29, 0.717) is 17.7 Å². The molecular formula is C18H27N3O. The molecule has 0 aromatic carbocycles. The largest absolute Gasteiger partial charge is 0.342 e. The van der Waals surface area contributed by atoms with Crippen LogP contribution in [0.15, 0.2) is 12.4 Å². The summed E-state index contributed by atoms with van der Waals surface area (Å²) in [7, 11) is 0. The normalized spacial score (nSPS) is 26.5. The summed E-state index contributed by atoms with van der Waals surface area (Å²) in [4.78, 5) is 19.5. The first-order valence-corrected chi connectivity index (χ1v) is 9.11. The molecule has 1 atom stereocenters. The van der Waals surface area contributed by atoms with Crippen LogP contribution in [0.3, 0.4) is 0 Å². The lowest BCUT2D eigenvalue weighted by Crippen LogP contribution is -2.42. The van der Waals surface area contributed by atoms with Crippen molar-refractivity contribution < 1.29 is 4.79 Å². The van der Waals surface area contributed by atoms with E-state index in [1.54, 1.807) is 0 Å². The highest BCUT2D eigenvalue weighted by Crippen LogP contribution is 2.34. The number of imidazole rings is 1. The fourth-order valence-corrected chi connectivity index (χ4v) is 4.23. The van der Waals surface area contributed by atoms with Crippen molar-refractivity contribution in [2.75, 3.05) is 13.1 Å². The number of hydrogen-bond acceptors (Lipinski definition) is 2. The third kappa shape index (κ3) is 2.92. The summed E-state index contributed by atoms with van der Waals surface area (Å²) in [6, 6.07) is 0. The molecule has 4 heteroatoms. The van der Waals surface area contributed by atoms with Gasteiger partial charge in [0.05, 0.1) is 0 Å². The Morgan fingerprint density at radius 1 is 1.14 bits per heavy atom. The van der Waals surface area contributed by atoms with Gasteiger partial charge in [0, 0.05) is 43.9 Å². The lowest BCUT2D eigenvalue weighted by molar-refractivity contribution is -0.136. The van der Waals surface area contributed by atoms with Gasteiger partial charge in [0.1, 0.15) is 5.82 Å². The lowest BCUT2D eigenvalue weighted by Gasteiger charge is -2.34. The Morgan fingerprint density at radius 3 is 2.73 bits per heavy atom. The Labute approximate surface area is 132 Å². The van der Waals surface area contributed by atoms with Crippen molar-refractivity contribution >= 4 is 5.91 Å². The molecule has 0 bridgehead atoms. The number of likely N-dealkylation sites (tertiary alicyclic amines) is 1. The van der Waals surface area contributed by atoms with E-state index in [9.17, 15) is 4.79 Å². The van der Waals surface area contributed by atoms with E-state index in [-0.39, 0.29) is 0 Å². The number of hydrogen-bond donors (Lipinski definition) is 0. The number of piperidine rings is 1. The Balaban J connectivity index is 1.44. The molecule has 2 saturated carbocycles. The maximum Gasteiger partial charge on any atom is 0.225 e. The highest BCUT2D eigenvalue weighted by atomic mass is 16.2. The second-order valence-electron chi connectivity index (χ2n) is 7.49. The molecule has 22 heavy (non-hydrogen) atoms. The molecule has 1 aliphatic heterocycles. The number of carbonyl (C=O) groups is 1. The second kappa shape index (κ2) is 6.05. The third-order valence-corrected chi connectivity index (χ3v) is 5.70. The highest BCUT2D eigenvalue weighted by Gasteiger charge is 2.33. The summed E-state index contributed by atoms with van der Waals surface area (Å²) in [6.45, 7) is 2.97. The van der Waals surface area contributed by atoms with Crippen LogP contribution in [-0.4, -0.2) is 33.4 Å². The molecule has 0 radical (unpaired) electrons. The van der Waals surface area contributed by atoms with Crippen LogP contribution >= 0.6 is 0 Å². The molecule has 3 aliphatic rings. The summed E-state index contributed by atoms with van der Waals surface area (Å²) in [5.41, 5.74) is 0. The van der Waals surface area contributed by atoms with E-state index in [0.717, 1.165) is 44.8 Å². The molecule has 3 fully saturated rings. The van der Waals surface area contributed by atoms with Crippen LogP contribution in [0.5, 0.6) is 0 Å². The minimum absolute atomic E-state index is 0.310. The van der Waals surface area contributed by atoms with Gasteiger partial charge in [-0.05, 0) is 44.4 Å². The molecule has 1 unspecified atom stereocenters. The first-order chi connectivity index (χ1) is 10.8. The highest BCUT2D eigenvalue weighted by molar-refractivity contribution is 5.79. The fraction of sp³-hybridized carbons (Fsp3) is 0.778. The van der Waals surface area contributed by atoms with Gasteiger partial charge in [0.2, 0.25) is 5.91 Å². The standard InChI is InChI=1S/C18H27N3O/c22-18(15-4-1-2-5-15)21-10-3-6-16(13-21)17-19-9-11-20(17)12-14-7-8-14/h9,11,14-16H,1-8,10,12-13H2. The Hall–Kier alpha value is -1.32. The molecule has 4 rings (SSSR count). The summed E-state index contributed by atoms with van der Waals surface area (Å²) in [5.74, 6) is 3.25. The van der Waals surface area contributed by atoms with Crippen molar-refractivity contribution in [1.82, 2.24) is 14.5 Å². The molecular weight excluding hydrogens is 274 g/mol. The van der Waals surface area contributed by atoms with Crippen LogP contribution in [0.25, 0.3) is 0 Å². The fourth-order valence-electron chi connectivity index (χ4n) is 4.23. The van der Waals surface area contributed by atoms with E-state index in [2.05, 4.69) is 20.6 Å². The SMILES string of the molecule is O=C(C1CCCC1)N1CCCC(c2nccn2CC2CC2)C1. The predicted octanol–water partition coefficient (Wildman–Crippen LogP) is 3.19. The van der Waals surface area contributed by atoms with E-state index >= 15 is 0 Å². The van der Waals surface area contributed by atoms with Crippen LogP contribution in [0.4, 0.5) is 0 Å². The van der Waals surface area contributed by atoms with Gasteiger partial charge in [-0.3, -0.25) is 4.79 Å². The first-order valence-electron chi connectivity index (χ1n) is 9.11. The number of aromatic nitrogens is 2. The summed E-state index contributed by atoms with van der Waals surface area (Å²) in [6.07, 6.45) is 13.8. The summed E-state index contributed by atoms with van der Waals surface area (Å²) >= 11 is 0. The Morgan fingerprint density at radius 2 is 1.95 bits per heavy atom. The topological polar surface area (TPSA) is 38.1 Å². The Kier molecular flexibility index (Phi) is 3.93. The zero-order chi connectivity index (χ0) is 14.9. The van der Waals surface area contributed by atoms with Crippen LogP contribution in [0.1, 0.15) is 63.1 Å². The van der Waals surface area contributed by atoms with Gasteiger partial charge < -0.3 is 9.47 Å². The molecule has 2 aliphatic carbocycles. The monoisotopic (exact) mass is 301 g/mol. The van der Waals surface area contributed by atoms with Gasteiger partial charge in [-0.2, -0.15) is 0 Å². The quantitative estimate of drug-likeness (QED) is 0.856. The average Bonchev–Trinajstić information content (AvgIpc) is 3.04. The molecule has 1 aromatic rings. The average molecular weight is 301 g/mol. The van der Waals surface area contributed by atoms with Crippen molar-refractivity contribution in [3.05, 3.63) is 18.2 Å². The van der Waals surface area contributed by atoms with E-state index in [1.165, 1.54) is 37.9 Å². The molecule has 0 spiro atoms. The van der Waals surface area contributed by atoms with Gasteiger partial charge in [-0.1, -0.05) is 12.8 Å². The summed E-state index contributed by atoms with van der Waals surface area (Å²) < 4.78 is 2.35. The third-order valence-electron chi connectivity index (χ3n) is 5.70. The maximum atomic E-state index is 12.7. The zero-order valence-electron chi connectivity index (χ0n) is 13.4. The minimum atomic E-state index is 0.310. The number of amides is 1. The van der Waals surface area contributed by atoms with Crippen molar-refractivity contribution in [2.45, 2.75) is 63.8 Å². The minimum Gasteiger partial charge on any atom is -0.342 e. The zero-order valence-corrected chi connectivity index (χ0v) is 13.4. The first kappa shape index (κ1) is 14.3. The van der Waals surface area contributed by atoms with E-state index in [1.807, 2.05) is 6.20 Å². The van der Waals surface area contributed by atoms with Crippen molar-refractivity contribution in [3.8, 4) is 0 Å². The van der Waals surface area contributed by atoms with Crippen LogP contribution in [0, 0.1) is 11.8 Å². The van der Waals surface area contributed by atoms with E-state index in [4.69, 9.17) is 0 Å². The molecule has 1 amide bonds. The summed E-state index contributed by atoms with van der Waals surface area (Å²) in [5, 5.41) is 0. The van der Waals surface area contributed by atoms with Gasteiger partial charge in [0.15, 0.2) is 0 Å². The lowest BCUT2D eigenvalue weighted by atomic mass is 9.95. The van der Waals surface area contributed by atoms with Gasteiger partial charge >= 0.3 is 0 Å². The molecule has 2 heterocycles. The van der Waals surface area contributed by atoms with Crippen molar-refractivity contribution in [1.29, 1.82) is 0 Å².